The van der Waals surface area contributed by atoms with Crippen molar-refractivity contribution in [1.29, 1.82) is 0 Å². The average Bonchev–Trinajstić information content (AvgIpc) is 2.85. The van der Waals surface area contributed by atoms with E-state index in [2.05, 4.69) is 36.5 Å². The summed E-state index contributed by atoms with van der Waals surface area (Å²) >= 11 is -0.325. The van der Waals surface area contributed by atoms with Gasteiger partial charge in [-0.25, -0.2) is 0 Å². The van der Waals surface area contributed by atoms with Crippen molar-refractivity contribution >= 4 is 0 Å². The molecule has 0 spiro atoms. The van der Waals surface area contributed by atoms with Crippen molar-refractivity contribution in [2.75, 3.05) is 0 Å². The third-order valence-corrected chi connectivity index (χ3v) is 11.0. The van der Waals surface area contributed by atoms with Crippen LogP contribution in [0.25, 0.3) is 0 Å². The topological polar surface area (TPSA) is 0 Å². The van der Waals surface area contributed by atoms with Crippen molar-refractivity contribution in [3.63, 3.8) is 0 Å². The molecular formula is C20H26Cl2Zr. The van der Waals surface area contributed by atoms with Crippen molar-refractivity contribution in [3.8, 4) is 0 Å². The second kappa shape index (κ2) is 9.21. The van der Waals surface area contributed by atoms with Gasteiger partial charge in [0.05, 0.1) is 0 Å². The molecule has 3 heteroatoms. The second-order valence-corrected chi connectivity index (χ2v) is 11.4. The molecule has 4 aliphatic carbocycles. The Labute approximate surface area is 165 Å². The zero-order chi connectivity index (χ0) is 14.1. The van der Waals surface area contributed by atoms with E-state index in [1.807, 2.05) is 11.1 Å². The third-order valence-electron chi connectivity index (χ3n) is 5.97. The predicted octanol–water partition coefficient (Wildman–Crippen LogP) is 0.0267. The molecule has 23 heavy (non-hydrogen) atoms. The molecule has 4 rings (SSSR count). The maximum atomic E-state index is 2.52. The molecule has 0 N–H and O–H groups in total. The first-order valence-corrected chi connectivity index (χ1v) is 11.7. The van der Waals surface area contributed by atoms with Crippen LogP contribution in [0.1, 0.15) is 51.4 Å². The summed E-state index contributed by atoms with van der Waals surface area (Å²) in [7, 11) is 0. The van der Waals surface area contributed by atoms with Gasteiger partial charge in [-0.05, 0) is 0 Å². The predicted molar refractivity (Wildman–Crippen MR) is 85.9 cm³/mol. The summed E-state index contributed by atoms with van der Waals surface area (Å²) < 4.78 is 2.11. The summed E-state index contributed by atoms with van der Waals surface area (Å²) in [6, 6.07) is 0. The van der Waals surface area contributed by atoms with Crippen LogP contribution in [0, 0.1) is 11.8 Å². The van der Waals surface area contributed by atoms with Crippen LogP contribution in [-0.4, -0.2) is 0 Å². The minimum atomic E-state index is -0.325. The van der Waals surface area contributed by atoms with Crippen LogP contribution < -0.4 is 24.8 Å². The maximum Gasteiger partial charge on any atom is -1.00 e. The van der Waals surface area contributed by atoms with Crippen LogP contribution in [-0.2, 0) is 23.2 Å². The average molecular weight is 429 g/mol. The van der Waals surface area contributed by atoms with E-state index < -0.39 is 0 Å². The molecule has 4 aliphatic rings. The van der Waals surface area contributed by atoms with E-state index in [4.69, 9.17) is 0 Å². The van der Waals surface area contributed by atoms with Crippen LogP contribution in [0.4, 0.5) is 0 Å². The van der Waals surface area contributed by atoms with Gasteiger partial charge in [-0.1, -0.05) is 0 Å². The first kappa shape index (κ1) is 19.7. The van der Waals surface area contributed by atoms with E-state index in [1.54, 1.807) is 0 Å². The van der Waals surface area contributed by atoms with Crippen LogP contribution in [0.15, 0.2) is 47.6 Å². The number of halogens is 2. The standard InChI is InChI=1S/2C10H13.2ClH.Zr/c2*1-2-5-9-7-4-8-10(9)6-3-1;;;/h2*1-2,5,7,10H,3-4,6,8H2;2*1H;/q;;;;+2/p-2. The van der Waals surface area contributed by atoms with Gasteiger partial charge in [0.25, 0.3) is 0 Å². The van der Waals surface area contributed by atoms with Gasteiger partial charge in [-0.15, -0.1) is 0 Å². The second-order valence-electron chi connectivity index (χ2n) is 7.16. The molecule has 0 aromatic heterocycles. The zero-order valence-corrected chi connectivity index (χ0v) is 17.7. The van der Waals surface area contributed by atoms with Crippen LogP contribution in [0.3, 0.4) is 0 Å². The van der Waals surface area contributed by atoms with E-state index >= 15 is 0 Å². The van der Waals surface area contributed by atoms with E-state index in [-0.39, 0.29) is 48.0 Å². The van der Waals surface area contributed by atoms with Crippen molar-refractivity contribution in [1.82, 2.24) is 0 Å². The Kier molecular flexibility index (Phi) is 7.91. The van der Waals surface area contributed by atoms with Gasteiger partial charge in [0.15, 0.2) is 0 Å². The van der Waals surface area contributed by atoms with E-state index in [1.165, 1.54) is 51.4 Å². The molecule has 0 nitrogen and oxygen atoms in total. The molecule has 2 fully saturated rings. The number of hydrogen-bond acceptors (Lipinski definition) is 0. The van der Waals surface area contributed by atoms with Gasteiger partial charge in [-0.3, -0.25) is 0 Å². The fourth-order valence-corrected chi connectivity index (χ4v) is 10.3. The number of hydrogen-bond donors (Lipinski definition) is 0. The van der Waals surface area contributed by atoms with Crippen LogP contribution >= 0.6 is 0 Å². The molecule has 124 valence electrons. The molecule has 0 bridgehead atoms. The summed E-state index contributed by atoms with van der Waals surface area (Å²) in [5.74, 6) is 1.90. The van der Waals surface area contributed by atoms with Gasteiger partial charge in [-0.2, -0.15) is 0 Å². The molecule has 0 heterocycles. The van der Waals surface area contributed by atoms with Crippen LogP contribution in [0.5, 0.6) is 0 Å². The SMILES string of the molecule is C1=CCCC2CC[CH]([Zr+2][CH]3CCC4CCC=CC=C43)C2=C1.[Cl-].[Cl-]. The van der Waals surface area contributed by atoms with Gasteiger partial charge in [0, 0.05) is 0 Å². The summed E-state index contributed by atoms with van der Waals surface area (Å²) in [6.07, 6.45) is 26.0. The quantitative estimate of drug-likeness (QED) is 0.582. The fraction of sp³-hybridized carbons (Fsp3) is 0.600. The third kappa shape index (κ3) is 4.34. The molecule has 0 saturated heterocycles. The normalized spacial score (nSPS) is 34.6. The zero-order valence-electron chi connectivity index (χ0n) is 13.7. The van der Waals surface area contributed by atoms with Crippen LogP contribution in [0.2, 0.25) is 7.25 Å². The molecular weight excluding hydrogens is 402 g/mol. The van der Waals surface area contributed by atoms with Gasteiger partial charge < -0.3 is 24.8 Å². The van der Waals surface area contributed by atoms with E-state index in [0.717, 1.165) is 19.1 Å². The Morgan fingerprint density at radius 1 is 0.652 bits per heavy atom. The first-order valence-electron chi connectivity index (χ1n) is 8.91. The molecule has 0 amide bonds. The summed E-state index contributed by atoms with van der Waals surface area (Å²) in [4.78, 5) is 0. The molecule has 0 aromatic rings. The minimum absolute atomic E-state index is 0. The maximum absolute atomic E-state index is 2.52. The Morgan fingerprint density at radius 3 is 1.61 bits per heavy atom. The van der Waals surface area contributed by atoms with Crippen molar-refractivity contribution in [2.45, 2.75) is 58.6 Å². The summed E-state index contributed by atoms with van der Waals surface area (Å²) in [6.45, 7) is 0. The number of rotatable bonds is 2. The van der Waals surface area contributed by atoms with Crippen molar-refractivity contribution in [3.05, 3.63) is 47.6 Å². The molecule has 0 aliphatic heterocycles. The molecule has 0 aromatic carbocycles. The summed E-state index contributed by atoms with van der Waals surface area (Å²) in [5, 5.41) is 0. The van der Waals surface area contributed by atoms with Gasteiger partial charge >= 0.3 is 141 Å². The van der Waals surface area contributed by atoms with Crippen molar-refractivity contribution in [2.24, 2.45) is 11.8 Å². The largest absolute Gasteiger partial charge is 1.00 e. The number of allylic oxidation sites excluding steroid dienone is 8. The molecule has 2 saturated carbocycles. The fourth-order valence-electron chi connectivity index (χ4n) is 4.85. The van der Waals surface area contributed by atoms with E-state index in [9.17, 15) is 0 Å². The Morgan fingerprint density at radius 2 is 1.13 bits per heavy atom. The van der Waals surface area contributed by atoms with E-state index in [0.29, 0.717) is 0 Å². The van der Waals surface area contributed by atoms with Gasteiger partial charge in [0.1, 0.15) is 0 Å². The minimum Gasteiger partial charge on any atom is -1.00 e. The summed E-state index contributed by atoms with van der Waals surface area (Å²) in [5.41, 5.74) is 3.76. The smallest absolute Gasteiger partial charge is 1.00 e. The Balaban J connectivity index is 0.000000960. The molecule has 4 atom stereocenters. The Hall–Kier alpha value is 0.423. The van der Waals surface area contributed by atoms with Crippen molar-refractivity contribution < 1.29 is 48.0 Å². The monoisotopic (exact) mass is 426 g/mol. The number of fused-ring (bicyclic) bond motifs is 2. The molecule has 4 unspecified atom stereocenters. The Bertz CT molecular complexity index is 472. The first-order chi connectivity index (χ1) is 10.4. The molecule has 0 radical (unpaired) electrons. The van der Waals surface area contributed by atoms with Gasteiger partial charge in [0.2, 0.25) is 0 Å².